The zero-order chi connectivity index (χ0) is 22.2. The van der Waals surface area contributed by atoms with Gasteiger partial charge in [0.25, 0.3) is 0 Å². The van der Waals surface area contributed by atoms with Crippen molar-refractivity contribution in [1.29, 1.82) is 0 Å². The first-order valence-corrected chi connectivity index (χ1v) is 10.9. The van der Waals surface area contributed by atoms with E-state index in [1.165, 1.54) is 0 Å². The molecule has 3 heterocycles. The molecule has 0 spiro atoms. The first kappa shape index (κ1) is 21.7. The standard InChI is InChI=1S/C24H28N6O2/c1-25-11-5-10-22(31)29-12-14-30(15-13-29)24-21-17-19(28-23(21)26-18-27-24)7-6-16-32-20-8-3-2-4-9-20/h2-3,5,8,10,17-18,25H,4,9,11-16H2,1H3,(H,26,27,28). The fourth-order valence-electron chi connectivity index (χ4n) is 3.73. The van der Waals surface area contributed by atoms with Crippen LogP contribution >= 0.6 is 0 Å². The van der Waals surface area contributed by atoms with Crippen LogP contribution < -0.4 is 10.2 Å². The van der Waals surface area contributed by atoms with Crippen molar-refractivity contribution in [3.63, 3.8) is 0 Å². The molecule has 2 aromatic rings. The number of piperazine rings is 1. The lowest BCUT2D eigenvalue weighted by Crippen LogP contribution is -2.48. The van der Waals surface area contributed by atoms with Crippen molar-refractivity contribution in [2.75, 3.05) is 51.3 Å². The molecule has 0 aromatic carbocycles. The number of aromatic amines is 1. The van der Waals surface area contributed by atoms with Gasteiger partial charge in [-0.25, -0.2) is 9.97 Å². The van der Waals surface area contributed by atoms with Gasteiger partial charge in [-0.3, -0.25) is 4.79 Å². The SMILES string of the molecule is CNCC=CC(=O)N1CCN(c2ncnc3[nH]c(C#CCOC4=CC=CCC4)cc23)CC1. The van der Waals surface area contributed by atoms with Crippen LogP contribution in [0.2, 0.25) is 0 Å². The fourth-order valence-corrected chi connectivity index (χ4v) is 3.73. The highest BCUT2D eigenvalue weighted by atomic mass is 16.5. The van der Waals surface area contributed by atoms with Crippen LogP contribution in [0.1, 0.15) is 18.5 Å². The second-order valence-electron chi connectivity index (χ2n) is 7.61. The van der Waals surface area contributed by atoms with E-state index in [9.17, 15) is 4.79 Å². The van der Waals surface area contributed by atoms with Crippen LogP contribution in [0.5, 0.6) is 0 Å². The quantitative estimate of drug-likeness (QED) is 0.536. The molecule has 166 valence electrons. The molecule has 4 rings (SSSR count). The molecule has 32 heavy (non-hydrogen) atoms. The topological polar surface area (TPSA) is 86.4 Å². The number of hydrogen-bond acceptors (Lipinski definition) is 6. The van der Waals surface area contributed by atoms with Crippen molar-refractivity contribution in [2.45, 2.75) is 12.8 Å². The predicted molar refractivity (Wildman–Crippen MR) is 125 cm³/mol. The van der Waals surface area contributed by atoms with Crippen LogP contribution in [-0.4, -0.2) is 72.1 Å². The number of carbonyl (C=O) groups excluding carboxylic acids is 1. The molecule has 8 nitrogen and oxygen atoms in total. The number of likely N-dealkylation sites (N-methyl/N-ethyl adjacent to an activating group) is 1. The summed E-state index contributed by atoms with van der Waals surface area (Å²) in [6.45, 7) is 3.81. The summed E-state index contributed by atoms with van der Waals surface area (Å²) in [5, 5.41) is 3.94. The van der Waals surface area contributed by atoms with Crippen molar-refractivity contribution in [3.8, 4) is 11.8 Å². The molecule has 2 aliphatic rings. The van der Waals surface area contributed by atoms with Gasteiger partial charge in [0.1, 0.15) is 24.4 Å². The Morgan fingerprint density at radius 2 is 2.19 bits per heavy atom. The van der Waals surface area contributed by atoms with E-state index in [-0.39, 0.29) is 5.91 Å². The Kier molecular flexibility index (Phi) is 7.20. The third-order valence-electron chi connectivity index (χ3n) is 5.41. The van der Waals surface area contributed by atoms with Gasteiger partial charge in [0, 0.05) is 45.2 Å². The summed E-state index contributed by atoms with van der Waals surface area (Å²) >= 11 is 0. The molecule has 0 radical (unpaired) electrons. The molecule has 0 bridgehead atoms. The number of rotatable bonds is 6. The Morgan fingerprint density at radius 1 is 1.31 bits per heavy atom. The maximum Gasteiger partial charge on any atom is 0.246 e. The zero-order valence-electron chi connectivity index (χ0n) is 18.3. The fraction of sp³-hybridized carbons (Fsp3) is 0.375. The van der Waals surface area contributed by atoms with Crippen LogP contribution in [0.25, 0.3) is 11.0 Å². The van der Waals surface area contributed by atoms with Crippen molar-refractivity contribution < 1.29 is 9.53 Å². The van der Waals surface area contributed by atoms with Gasteiger partial charge < -0.3 is 24.8 Å². The Bertz CT molecular complexity index is 1100. The molecule has 0 saturated carbocycles. The van der Waals surface area contributed by atoms with Gasteiger partial charge >= 0.3 is 0 Å². The van der Waals surface area contributed by atoms with Crippen molar-refractivity contribution in [1.82, 2.24) is 25.2 Å². The highest BCUT2D eigenvalue weighted by molar-refractivity contribution is 5.90. The summed E-state index contributed by atoms with van der Waals surface area (Å²) in [6, 6.07) is 1.98. The number of fused-ring (bicyclic) bond motifs is 1. The average Bonchev–Trinajstić information content (AvgIpc) is 3.26. The third-order valence-corrected chi connectivity index (χ3v) is 5.41. The number of carbonyl (C=O) groups is 1. The van der Waals surface area contributed by atoms with Crippen molar-refractivity contribution >= 4 is 22.8 Å². The molecule has 2 N–H and O–H groups in total. The molecular formula is C24H28N6O2. The monoisotopic (exact) mass is 432 g/mol. The Morgan fingerprint density at radius 3 is 2.97 bits per heavy atom. The lowest BCUT2D eigenvalue weighted by atomic mass is 10.2. The summed E-state index contributed by atoms with van der Waals surface area (Å²) in [6.07, 6.45) is 13.1. The van der Waals surface area contributed by atoms with Gasteiger partial charge in [-0.2, -0.15) is 0 Å². The van der Waals surface area contributed by atoms with Gasteiger partial charge in [0.15, 0.2) is 0 Å². The minimum atomic E-state index is 0.0502. The summed E-state index contributed by atoms with van der Waals surface area (Å²) in [5.74, 6) is 8.08. The molecule has 1 amide bonds. The summed E-state index contributed by atoms with van der Waals surface area (Å²) < 4.78 is 5.70. The molecular weight excluding hydrogens is 404 g/mol. The maximum atomic E-state index is 12.3. The maximum absolute atomic E-state index is 12.3. The molecule has 1 aliphatic carbocycles. The molecule has 1 aliphatic heterocycles. The van der Waals surface area contributed by atoms with E-state index >= 15 is 0 Å². The number of hydrogen-bond donors (Lipinski definition) is 2. The van der Waals surface area contributed by atoms with Gasteiger partial charge in [-0.05, 0) is 31.5 Å². The largest absolute Gasteiger partial charge is 0.485 e. The lowest BCUT2D eigenvalue weighted by Gasteiger charge is -2.35. The highest BCUT2D eigenvalue weighted by Gasteiger charge is 2.22. The van der Waals surface area contributed by atoms with Crippen LogP contribution in [0.3, 0.4) is 0 Å². The predicted octanol–water partition coefficient (Wildman–Crippen LogP) is 1.98. The second-order valence-corrected chi connectivity index (χ2v) is 7.61. The average molecular weight is 433 g/mol. The normalized spacial score (nSPS) is 16.2. The van der Waals surface area contributed by atoms with Crippen LogP contribution in [-0.2, 0) is 9.53 Å². The Hall–Kier alpha value is -3.57. The van der Waals surface area contributed by atoms with E-state index in [1.54, 1.807) is 12.4 Å². The van der Waals surface area contributed by atoms with Crippen molar-refractivity contribution in [3.05, 3.63) is 54.2 Å². The number of anilines is 1. The first-order chi connectivity index (χ1) is 15.7. The van der Waals surface area contributed by atoms with E-state index < -0.39 is 0 Å². The zero-order valence-corrected chi connectivity index (χ0v) is 18.3. The van der Waals surface area contributed by atoms with Crippen LogP contribution in [0.15, 0.2) is 48.5 Å². The van der Waals surface area contributed by atoms with E-state index in [2.05, 4.69) is 43.1 Å². The molecule has 8 heteroatoms. The van der Waals surface area contributed by atoms with Gasteiger partial charge in [-0.15, -0.1) is 0 Å². The minimum Gasteiger partial charge on any atom is -0.485 e. The number of H-pyrrole nitrogens is 1. The number of nitrogens with zero attached hydrogens (tertiary/aromatic N) is 4. The van der Waals surface area contributed by atoms with E-state index in [0.717, 1.165) is 54.2 Å². The Labute approximate surface area is 188 Å². The lowest BCUT2D eigenvalue weighted by molar-refractivity contribution is -0.126. The van der Waals surface area contributed by atoms with Gasteiger partial charge in [0.05, 0.1) is 16.8 Å². The number of ether oxygens (including phenoxy) is 1. The number of aromatic nitrogens is 3. The first-order valence-electron chi connectivity index (χ1n) is 10.9. The summed E-state index contributed by atoms with van der Waals surface area (Å²) in [7, 11) is 1.86. The molecule has 1 saturated heterocycles. The number of nitrogens with one attached hydrogen (secondary N) is 2. The number of amides is 1. The third kappa shape index (κ3) is 5.37. The van der Waals surface area contributed by atoms with Crippen LogP contribution in [0.4, 0.5) is 5.82 Å². The van der Waals surface area contributed by atoms with Gasteiger partial charge in [0.2, 0.25) is 5.91 Å². The molecule has 0 atom stereocenters. The van der Waals surface area contributed by atoms with Crippen molar-refractivity contribution in [2.24, 2.45) is 0 Å². The Balaban J connectivity index is 1.39. The summed E-state index contributed by atoms with van der Waals surface area (Å²) in [4.78, 5) is 28.5. The molecule has 0 unspecified atom stereocenters. The van der Waals surface area contributed by atoms with Crippen LogP contribution in [0, 0.1) is 11.8 Å². The van der Waals surface area contributed by atoms with Gasteiger partial charge in [-0.1, -0.05) is 24.1 Å². The van der Waals surface area contributed by atoms with E-state index in [1.807, 2.05) is 36.2 Å². The summed E-state index contributed by atoms with van der Waals surface area (Å²) in [5.41, 5.74) is 1.54. The van der Waals surface area contributed by atoms with E-state index in [4.69, 9.17) is 4.74 Å². The molecule has 2 aromatic heterocycles. The smallest absolute Gasteiger partial charge is 0.246 e. The highest BCUT2D eigenvalue weighted by Crippen LogP contribution is 2.24. The molecule has 1 fully saturated rings. The second kappa shape index (κ2) is 10.6. The van der Waals surface area contributed by atoms with E-state index in [0.29, 0.717) is 26.2 Å². The minimum absolute atomic E-state index is 0.0502. The number of allylic oxidation sites excluding steroid dienone is 4.